The number of nitrogen functional groups attached to an aromatic ring is 1. The van der Waals surface area contributed by atoms with Crippen LogP contribution in [0.2, 0.25) is 0 Å². The van der Waals surface area contributed by atoms with Crippen LogP contribution in [0.5, 0.6) is 0 Å². The van der Waals surface area contributed by atoms with Crippen LogP contribution in [-0.4, -0.2) is 29.2 Å². The van der Waals surface area contributed by atoms with Crippen molar-refractivity contribution < 1.29 is 10.0 Å². The first-order chi connectivity index (χ1) is 7.99. The molecule has 1 aromatic carbocycles. The summed E-state index contributed by atoms with van der Waals surface area (Å²) < 4.78 is 0. The molecular weight excluding hydrogens is 222 g/mol. The number of hydrogen-bond donors (Lipinski definition) is 2. The highest BCUT2D eigenvalue weighted by Gasteiger charge is 2.27. The molecule has 0 radical (unpaired) electrons. The predicted octanol–water partition coefficient (Wildman–Crippen LogP) is 1.06. The number of benzene rings is 1. The molecule has 17 heavy (non-hydrogen) atoms. The fourth-order valence-corrected chi connectivity index (χ4v) is 2.06. The second-order valence-electron chi connectivity index (χ2n) is 4.34. The van der Waals surface area contributed by atoms with Crippen LogP contribution in [0.3, 0.4) is 0 Å². The fraction of sp³-hybridized carbons (Fsp3) is 0.455. The number of rotatable bonds is 2. The molecule has 1 aromatic rings. The molecule has 0 aromatic heterocycles. The monoisotopic (exact) mass is 237 g/mol. The van der Waals surface area contributed by atoms with E-state index in [2.05, 4.69) is 0 Å². The molecule has 0 amide bonds. The lowest BCUT2D eigenvalue weighted by Crippen LogP contribution is -2.22. The van der Waals surface area contributed by atoms with E-state index in [-0.39, 0.29) is 5.69 Å². The Kier molecular flexibility index (Phi) is 2.89. The number of hydrogen-bond acceptors (Lipinski definition) is 5. The van der Waals surface area contributed by atoms with Gasteiger partial charge in [-0.05, 0) is 25.0 Å². The van der Waals surface area contributed by atoms with Gasteiger partial charge in [-0.2, -0.15) is 0 Å². The molecule has 1 aliphatic rings. The summed E-state index contributed by atoms with van der Waals surface area (Å²) in [5.41, 5.74) is 7.45. The quantitative estimate of drug-likeness (QED) is 0.455. The number of anilines is 2. The van der Waals surface area contributed by atoms with Crippen LogP contribution in [0.4, 0.5) is 17.1 Å². The third-order valence-electron chi connectivity index (χ3n) is 3.06. The minimum absolute atomic E-state index is 0.00204. The molecule has 3 N–H and O–H groups in total. The molecule has 0 saturated carbocycles. The summed E-state index contributed by atoms with van der Waals surface area (Å²) >= 11 is 0. The summed E-state index contributed by atoms with van der Waals surface area (Å²) in [4.78, 5) is 12.4. The van der Waals surface area contributed by atoms with Crippen molar-refractivity contribution in [2.45, 2.75) is 19.4 Å². The number of nitrogens with zero attached hydrogens (tertiary/aromatic N) is 2. The third kappa shape index (κ3) is 2.16. The van der Waals surface area contributed by atoms with Gasteiger partial charge < -0.3 is 15.7 Å². The van der Waals surface area contributed by atoms with Crippen molar-refractivity contribution >= 4 is 17.1 Å². The molecule has 0 bridgehead atoms. The summed E-state index contributed by atoms with van der Waals surface area (Å²) in [6.45, 7) is 2.88. The number of aryl methyl sites for hydroxylation is 1. The number of β-amino-alcohol motifs (C(OH)–C–C–N with tert-alkyl or cyclic N) is 1. The normalized spacial score (nSPS) is 19.6. The number of aliphatic hydroxyl groups excluding tert-OH is 1. The van der Waals surface area contributed by atoms with Crippen LogP contribution < -0.4 is 10.6 Å². The largest absolute Gasteiger partial charge is 0.398 e. The molecule has 1 heterocycles. The summed E-state index contributed by atoms with van der Waals surface area (Å²) in [5.74, 6) is 0. The lowest BCUT2D eigenvalue weighted by Gasteiger charge is -2.18. The molecule has 2 rings (SSSR count). The van der Waals surface area contributed by atoms with E-state index in [0.29, 0.717) is 30.9 Å². The molecule has 6 nitrogen and oxygen atoms in total. The molecule has 0 aliphatic carbocycles. The number of nitrogens with two attached hydrogens (primary N) is 1. The molecular formula is C11H15N3O3. The zero-order chi connectivity index (χ0) is 12.6. The van der Waals surface area contributed by atoms with Crippen LogP contribution in [0.25, 0.3) is 0 Å². The highest BCUT2D eigenvalue weighted by Crippen LogP contribution is 2.34. The lowest BCUT2D eigenvalue weighted by atomic mass is 10.1. The van der Waals surface area contributed by atoms with Crippen LogP contribution >= 0.6 is 0 Å². The van der Waals surface area contributed by atoms with E-state index in [1.807, 2.05) is 11.8 Å². The van der Waals surface area contributed by atoms with E-state index in [1.54, 1.807) is 6.07 Å². The van der Waals surface area contributed by atoms with Crippen molar-refractivity contribution in [2.75, 3.05) is 23.7 Å². The van der Waals surface area contributed by atoms with Crippen molar-refractivity contribution in [3.63, 3.8) is 0 Å². The van der Waals surface area contributed by atoms with Gasteiger partial charge in [0.2, 0.25) is 0 Å². The van der Waals surface area contributed by atoms with Gasteiger partial charge in [-0.1, -0.05) is 0 Å². The number of nitro groups is 1. The topological polar surface area (TPSA) is 92.6 Å². The first kappa shape index (κ1) is 11.7. The van der Waals surface area contributed by atoms with Crippen molar-refractivity contribution in [3.05, 3.63) is 27.8 Å². The van der Waals surface area contributed by atoms with Crippen LogP contribution in [0.1, 0.15) is 12.0 Å². The van der Waals surface area contributed by atoms with E-state index in [1.165, 1.54) is 6.07 Å². The summed E-state index contributed by atoms with van der Waals surface area (Å²) in [6.07, 6.45) is 0.230. The second-order valence-corrected chi connectivity index (χ2v) is 4.34. The minimum Gasteiger partial charge on any atom is -0.398 e. The summed E-state index contributed by atoms with van der Waals surface area (Å²) in [7, 11) is 0. The molecule has 1 fully saturated rings. The van der Waals surface area contributed by atoms with Gasteiger partial charge in [-0.25, -0.2) is 0 Å². The summed E-state index contributed by atoms with van der Waals surface area (Å²) in [6, 6.07) is 3.10. The Bertz CT molecular complexity index is 462. The second kappa shape index (κ2) is 4.21. The van der Waals surface area contributed by atoms with Gasteiger partial charge in [0, 0.05) is 24.8 Å². The first-order valence-electron chi connectivity index (χ1n) is 5.46. The van der Waals surface area contributed by atoms with Gasteiger partial charge in [0.1, 0.15) is 5.69 Å². The third-order valence-corrected chi connectivity index (χ3v) is 3.06. The van der Waals surface area contributed by atoms with Crippen LogP contribution in [0.15, 0.2) is 12.1 Å². The molecule has 92 valence electrons. The highest BCUT2D eigenvalue weighted by atomic mass is 16.6. The average Bonchev–Trinajstić information content (AvgIpc) is 2.68. The van der Waals surface area contributed by atoms with Crippen molar-refractivity contribution in [2.24, 2.45) is 0 Å². The van der Waals surface area contributed by atoms with E-state index in [4.69, 9.17) is 5.73 Å². The van der Waals surface area contributed by atoms with Gasteiger partial charge >= 0.3 is 0 Å². The van der Waals surface area contributed by atoms with Crippen molar-refractivity contribution in [1.82, 2.24) is 0 Å². The van der Waals surface area contributed by atoms with Gasteiger partial charge in [-0.15, -0.1) is 0 Å². The Morgan fingerprint density at radius 3 is 2.82 bits per heavy atom. The molecule has 6 heteroatoms. The number of aliphatic hydroxyl groups is 1. The van der Waals surface area contributed by atoms with Crippen LogP contribution in [-0.2, 0) is 0 Å². The lowest BCUT2D eigenvalue weighted by molar-refractivity contribution is -0.384. The maximum absolute atomic E-state index is 11.0. The van der Waals surface area contributed by atoms with E-state index in [0.717, 1.165) is 5.56 Å². The average molecular weight is 237 g/mol. The Balaban J connectivity index is 2.44. The minimum atomic E-state index is -0.435. The molecule has 0 unspecified atom stereocenters. The summed E-state index contributed by atoms with van der Waals surface area (Å²) in [5, 5.41) is 20.5. The van der Waals surface area contributed by atoms with Gasteiger partial charge in [-0.3, -0.25) is 10.1 Å². The smallest absolute Gasteiger partial charge is 0.294 e. The van der Waals surface area contributed by atoms with Crippen molar-refractivity contribution in [1.29, 1.82) is 0 Å². The van der Waals surface area contributed by atoms with E-state index < -0.39 is 11.0 Å². The Hall–Kier alpha value is -1.82. The van der Waals surface area contributed by atoms with Gasteiger partial charge in [0.05, 0.1) is 11.0 Å². The van der Waals surface area contributed by atoms with Gasteiger partial charge in [0.15, 0.2) is 0 Å². The fourth-order valence-electron chi connectivity index (χ4n) is 2.06. The maximum Gasteiger partial charge on any atom is 0.294 e. The Morgan fingerprint density at radius 1 is 1.59 bits per heavy atom. The standard InChI is InChI=1S/C11H15N3O3/c1-7-4-10(13-3-2-8(15)6-13)11(14(16)17)5-9(7)12/h4-5,8,15H,2-3,6,12H2,1H3/t8-/m0/s1. The molecule has 1 atom stereocenters. The highest BCUT2D eigenvalue weighted by molar-refractivity contribution is 5.71. The number of nitro benzene ring substituents is 1. The first-order valence-corrected chi connectivity index (χ1v) is 5.46. The maximum atomic E-state index is 11.0. The Morgan fingerprint density at radius 2 is 2.29 bits per heavy atom. The molecule has 1 saturated heterocycles. The van der Waals surface area contributed by atoms with E-state index >= 15 is 0 Å². The zero-order valence-electron chi connectivity index (χ0n) is 9.59. The predicted molar refractivity (Wildman–Crippen MR) is 65.1 cm³/mol. The van der Waals surface area contributed by atoms with E-state index in [9.17, 15) is 15.2 Å². The SMILES string of the molecule is Cc1cc(N2CC[C@H](O)C2)c([N+](=O)[O-])cc1N. The Labute approximate surface area is 98.8 Å². The van der Waals surface area contributed by atoms with Crippen LogP contribution in [0, 0.1) is 17.0 Å². The molecule has 0 spiro atoms. The molecule has 1 aliphatic heterocycles. The zero-order valence-corrected chi connectivity index (χ0v) is 9.59. The van der Waals surface area contributed by atoms with Crippen molar-refractivity contribution in [3.8, 4) is 0 Å². The van der Waals surface area contributed by atoms with Gasteiger partial charge in [0.25, 0.3) is 5.69 Å².